The van der Waals surface area contributed by atoms with Crippen molar-refractivity contribution in [1.29, 1.82) is 0 Å². The van der Waals surface area contributed by atoms with Gasteiger partial charge in [-0.1, -0.05) is 12.2 Å². The molecule has 2 rings (SSSR count). The molecule has 6 nitrogen and oxygen atoms in total. The van der Waals surface area contributed by atoms with E-state index in [1.807, 2.05) is 0 Å². The van der Waals surface area contributed by atoms with Gasteiger partial charge in [0.2, 0.25) is 0 Å². The Morgan fingerprint density at radius 2 is 2.24 bits per heavy atom. The highest BCUT2D eigenvalue weighted by Gasteiger charge is 2.35. The quantitative estimate of drug-likeness (QED) is 0.786. The molecule has 1 aromatic rings. The maximum absolute atomic E-state index is 12.5. The molecule has 1 saturated heterocycles. The summed E-state index contributed by atoms with van der Waals surface area (Å²) in [7, 11) is -3.33. The van der Waals surface area contributed by atoms with Gasteiger partial charge >= 0.3 is 0 Å². The standard InChI is InChI=1S/C12H15N3O3S3/c1-21(17,18)10-7-20-5-4-15(10)12(16)9-3-2-8(6-14-9)11(13)19/h2-3,6,10H,4-5,7H2,1H3,(H2,13,19). The number of amides is 1. The molecule has 2 N–H and O–H groups in total. The van der Waals surface area contributed by atoms with Gasteiger partial charge in [0.15, 0.2) is 9.84 Å². The molecule has 0 aromatic carbocycles. The van der Waals surface area contributed by atoms with Crippen molar-refractivity contribution in [3.05, 3.63) is 29.6 Å². The van der Waals surface area contributed by atoms with Gasteiger partial charge in [-0.05, 0) is 12.1 Å². The lowest BCUT2D eigenvalue weighted by molar-refractivity contribution is 0.0743. The summed E-state index contributed by atoms with van der Waals surface area (Å²) in [5.41, 5.74) is 6.23. The van der Waals surface area contributed by atoms with Crippen LogP contribution in [0.15, 0.2) is 18.3 Å². The number of aromatic nitrogens is 1. The summed E-state index contributed by atoms with van der Waals surface area (Å²) in [5, 5.41) is -0.805. The molecular weight excluding hydrogens is 330 g/mol. The molecule has 1 aliphatic rings. The molecule has 21 heavy (non-hydrogen) atoms. The van der Waals surface area contributed by atoms with Gasteiger partial charge in [0.1, 0.15) is 16.1 Å². The molecule has 1 fully saturated rings. The van der Waals surface area contributed by atoms with E-state index in [0.717, 1.165) is 6.26 Å². The van der Waals surface area contributed by atoms with E-state index in [1.54, 1.807) is 6.07 Å². The Morgan fingerprint density at radius 1 is 1.52 bits per heavy atom. The van der Waals surface area contributed by atoms with Crippen LogP contribution in [0.25, 0.3) is 0 Å². The van der Waals surface area contributed by atoms with E-state index in [-0.39, 0.29) is 16.6 Å². The third kappa shape index (κ3) is 3.72. The second kappa shape index (κ2) is 6.29. The average molecular weight is 345 g/mol. The summed E-state index contributed by atoms with van der Waals surface area (Å²) in [4.78, 5) is 18.1. The van der Waals surface area contributed by atoms with E-state index >= 15 is 0 Å². The van der Waals surface area contributed by atoms with Gasteiger partial charge in [0, 0.05) is 36.1 Å². The van der Waals surface area contributed by atoms with Crippen molar-refractivity contribution < 1.29 is 13.2 Å². The molecule has 0 aliphatic carbocycles. The first-order chi connectivity index (χ1) is 9.80. The van der Waals surface area contributed by atoms with Crippen LogP contribution >= 0.6 is 24.0 Å². The molecule has 1 aromatic heterocycles. The van der Waals surface area contributed by atoms with Gasteiger partial charge in [0.05, 0.1) is 0 Å². The third-order valence-electron chi connectivity index (χ3n) is 3.11. The number of pyridine rings is 1. The lowest BCUT2D eigenvalue weighted by atomic mass is 10.2. The van der Waals surface area contributed by atoms with Crippen LogP contribution in [-0.4, -0.2) is 58.9 Å². The third-order valence-corrected chi connectivity index (χ3v) is 5.99. The number of carbonyl (C=O) groups is 1. The number of thioether (sulfide) groups is 1. The molecule has 1 amide bonds. The molecule has 0 saturated carbocycles. The Balaban J connectivity index is 2.26. The summed E-state index contributed by atoms with van der Waals surface area (Å²) in [6.07, 6.45) is 2.57. The number of rotatable bonds is 3. The van der Waals surface area contributed by atoms with Crippen molar-refractivity contribution in [2.45, 2.75) is 5.37 Å². The predicted octanol–water partition coefficient (Wildman–Crippen LogP) is 0.275. The van der Waals surface area contributed by atoms with Crippen molar-refractivity contribution in [2.24, 2.45) is 5.73 Å². The monoisotopic (exact) mass is 345 g/mol. The van der Waals surface area contributed by atoms with E-state index in [1.165, 1.54) is 28.9 Å². The Morgan fingerprint density at radius 3 is 2.76 bits per heavy atom. The van der Waals surface area contributed by atoms with Crippen molar-refractivity contribution in [3.8, 4) is 0 Å². The van der Waals surface area contributed by atoms with Crippen molar-refractivity contribution in [2.75, 3.05) is 24.3 Å². The fourth-order valence-corrected chi connectivity index (χ4v) is 4.92. The molecule has 1 atom stereocenters. The fraction of sp³-hybridized carbons (Fsp3) is 0.417. The number of hydrogen-bond donors (Lipinski definition) is 1. The maximum Gasteiger partial charge on any atom is 0.273 e. The number of nitrogens with zero attached hydrogens (tertiary/aromatic N) is 2. The Bertz CT molecular complexity index is 658. The molecule has 1 aliphatic heterocycles. The van der Waals surface area contributed by atoms with Crippen LogP contribution in [-0.2, 0) is 9.84 Å². The molecular formula is C12H15N3O3S3. The van der Waals surface area contributed by atoms with Gasteiger partial charge in [-0.2, -0.15) is 11.8 Å². The first kappa shape index (κ1) is 16.2. The molecule has 0 spiro atoms. The second-order valence-corrected chi connectivity index (χ2v) is 8.45. The topological polar surface area (TPSA) is 93.4 Å². The average Bonchev–Trinajstić information content (AvgIpc) is 2.45. The van der Waals surface area contributed by atoms with Crippen molar-refractivity contribution >= 4 is 44.7 Å². The van der Waals surface area contributed by atoms with E-state index in [4.69, 9.17) is 18.0 Å². The SMILES string of the molecule is CS(=O)(=O)C1CSCCN1C(=O)c1ccc(C(N)=S)cn1. The highest BCUT2D eigenvalue weighted by molar-refractivity contribution is 8.00. The van der Waals surface area contributed by atoms with Crippen LogP contribution in [0.5, 0.6) is 0 Å². The minimum absolute atomic E-state index is 0.190. The van der Waals surface area contributed by atoms with Gasteiger partial charge in [0.25, 0.3) is 5.91 Å². The normalized spacial score (nSPS) is 19.3. The van der Waals surface area contributed by atoms with Crippen LogP contribution < -0.4 is 5.73 Å². The van der Waals surface area contributed by atoms with Crippen LogP contribution in [0.2, 0.25) is 0 Å². The van der Waals surface area contributed by atoms with Gasteiger partial charge < -0.3 is 10.6 Å². The summed E-state index contributed by atoms with van der Waals surface area (Å²) in [6, 6.07) is 3.12. The highest BCUT2D eigenvalue weighted by atomic mass is 32.2. The zero-order valence-electron chi connectivity index (χ0n) is 11.4. The van der Waals surface area contributed by atoms with Crippen LogP contribution in [0.3, 0.4) is 0 Å². The molecule has 0 bridgehead atoms. The maximum atomic E-state index is 12.5. The number of thiocarbonyl (C=S) groups is 1. The van der Waals surface area contributed by atoms with E-state index < -0.39 is 15.2 Å². The molecule has 9 heteroatoms. The second-order valence-electron chi connectivity index (χ2n) is 4.65. The Kier molecular flexibility index (Phi) is 4.84. The van der Waals surface area contributed by atoms with Gasteiger partial charge in [-0.25, -0.2) is 8.42 Å². The summed E-state index contributed by atoms with van der Waals surface area (Å²) < 4.78 is 23.6. The van der Waals surface area contributed by atoms with E-state index in [2.05, 4.69) is 4.98 Å². The Hall–Kier alpha value is -1.19. The van der Waals surface area contributed by atoms with E-state index in [9.17, 15) is 13.2 Å². The van der Waals surface area contributed by atoms with Gasteiger partial charge in [-0.3, -0.25) is 9.78 Å². The molecule has 2 heterocycles. The number of hydrogen-bond acceptors (Lipinski definition) is 6. The number of carbonyl (C=O) groups excluding carboxylic acids is 1. The minimum atomic E-state index is -3.33. The minimum Gasteiger partial charge on any atom is -0.389 e. The zero-order chi connectivity index (χ0) is 15.6. The Labute approximate surface area is 133 Å². The van der Waals surface area contributed by atoms with Crippen LogP contribution in [0, 0.1) is 0 Å². The highest BCUT2D eigenvalue weighted by Crippen LogP contribution is 2.22. The number of sulfone groups is 1. The van der Waals surface area contributed by atoms with Crippen molar-refractivity contribution in [1.82, 2.24) is 9.88 Å². The van der Waals surface area contributed by atoms with Crippen molar-refractivity contribution in [3.63, 3.8) is 0 Å². The number of nitrogens with two attached hydrogens (primary N) is 1. The first-order valence-corrected chi connectivity index (χ1v) is 9.66. The molecule has 1 unspecified atom stereocenters. The summed E-state index contributed by atoms with van der Waals surface area (Å²) in [6.45, 7) is 0.389. The van der Waals surface area contributed by atoms with Crippen LogP contribution in [0.1, 0.15) is 16.1 Å². The van der Waals surface area contributed by atoms with E-state index in [0.29, 0.717) is 23.6 Å². The summed E-state index contributed by atoms with van der Waals surface area (Å²) >= 11 is 6.35. The first-order valence-electron chi connectivity index (χ1n) is 6.14. The predicted molar refractivity (Wildman–Crippen MR) is 87.1 cm³/mol. The largest absolute Gasteiger partial charge is 0.389 e. The van der Waals surface area contributed by atoms with Crippen LogP contribution in [0.4, 0.5) is 0 Å². The summed E-state index contributed by atoms with van der Waals surface area (Å²) in [5.74, 6) is 0.707. The smallest absolute Gasteiger partial charge is 0.273 e. The molecule has 0 radical (unpaired) electrons. The lowest BCUT2D eigenvalue weighted by Crippen LogP contribution is -2.50. The zero-order valence-corrected chi connectivity index (χ0v) is 13.8. The fourth-order valence-electron chi connectivity index (χ4n) is 1.98. The van der Waals surface area contributed by atoms with Gasteiger partial charge in [-0.15, -0.1) is 0 Å². The lowest BCUT2D eigenvalue weighted by Gasteiger charge is -2.33. The molecule has 114 valence electrons.